The second-order valence-corrected chi connectivity index (χ2v) is 3.62. The van der Waals surface area contributed by atoms with Crippen LogP contribution in [0, 0.1) is 0 Å². The van der Waals surface area contributed by atoms with Gasteiger partial charge in [-0.15, -0.1) is 6.58 Å². The quantitative estimate of drug-likeness (QED) is 0.509. The summed E-state index contributed by atoms with van der Waals surface area (Å²) in [6, 6.07) is -0.933. The minimum Gasteiger partial charge on any atom is -0.464 e. The van der Waals surface area contributed by atoms with Crippen LogP contribution < -0.4 is 10.6 Å². The van der Waals surface area contributed by atoms with E-state index in [1.807, 2.05) is 5.32 Å². The Balaban J connectivity index is 4.17. The molecule has 0 aliphatic carbocycles. The van der Waals surface area contributed by atoms with E-state index in [1.54, 1.807) is 6.92 Å². The van der Waals surface area contributed by atoms with Crippen molar-refractivity contribution < 1.29 is 27.5 Å². The monoisotopic (exact) mass is 282 g/mol. The number of ether oxygens (including phenoxy) is 1. The topological polar surface area (TPSA) is 67.4 Å². The van der Waals surface area contributed by atoms with Gasteiger partial charge in [0.25, 0.3) is 0 Å². The van der Waals surface area contributed by atoms with Crippen molar-refractivity contribution in [3.63, 3.8) is 0 Å². The van der Waals surface area contributed by atoms with Gasteiger partial charge in [-0.05, 0) is 13.3 Å². The molecule has 0 rings (SSSR count). The third-order valence-corrected chi connectivity index (χ3v) is 1.92. The van der Waals surface area contributed by atoms with Crippen molar-refractivity contribution in [2.75, 3.05) is 19.7 Å². The number of carbonyl (C=O) groups excluding carboxylic acids is 2. The number of rotatable bonds is 8. The van der Waals surface area contributed by atoms with E-state index in [0.717, 1.165) is 0 Å². The highest BCUT2D eigenvalue weighted by Gasteiger charge is 2.27. The summed E-state index contributed by atoms with van der Waals surface area (Å²) in [5, 5.41) is 4.20. The van der Waals surface area contributed by atoms with Gasteiger partial charge in [0.15, 0.2) is 0 Å². The van der Waals surface area contributed by atoms with E-state index in [1.165, 1.54) is 6.08 Å². The first-order valence-electron chi connectivity index (χ1n) is 5.64. The maximum Gasteiger partial charge on any atom is 0.401 e. The predicted octanol–water partition coefficient (Wildman–Crippen LogP) is 0.762. The van der Waals surface area contributed by atoms with Crippen LogP contribution in [0.2, 0.25) is 0 Å². The minimum absolute atomic E-state index is 0.143. The zero-order chi connectivity index (χ0) is 14.9. The molecule has 2 N–H and O–H groups in total. The van der Waals surface area contributed by atoms with Gasteiger partial charge in [-0.1, -0.05) is 6.08 Å². The molecule has 0 bridgehead atoms. The Bertz CT molecular complexity index is 319. The van der Waals surface area contributed by atoms with Gasteiger partial charge in [-0.3, -0.25) is 4.79 Å². The van der Waals surface area contributed by atoms with Crippen LogP contribution in [0.1, 0.15) is 13.3 Å². The van der Waals surface area contributed by atoms with E-state index >= 15 is 0 Å². The lowest BCUT2D eigenvalue weighted by atomic mass is 10.2. The van der Waals surface area contributed by atoms with Gasteiger partial charge in [0.2, 0.25) is 5.91 Å². The molecule has 0 fully saturated rings. The molecule has 0 aromatic heterocycles. The summed E-state index contributed by atoms with van der Waals surface area (Å²) in [5.74, 6) is -1.37. The minimum atomic E-state index is -4.39. The van der Waals surface area contributed by atoms with E-state index < -0.39 is 37.2 Å². The molecule has 0 spiro atoms. The van der Waals surface area contributed by atoms with Crippen LogP contribution in [0.25, 0.3) is 0 Å². The molecule has 0 radical (unpaired) electrons. The Morgan fingerprint density at radius 3 is 2.53 bits per heavy atom. The fourth-order valence-electron chi connectivity index (χ4n) is 1.19. The van der Waals surface area contributed by atoms with Crippen LogP contribution in [0.3, 0.4) is 0 Å². The number of halogens is 3. The molecule has 0 aliphatic heterocycles. The van der Waals surface area contributed by atoms with Crippen molar-refractivity contribution in [3.05, 3.63) is 12.7 Å². The van der Waals surface area contributed by atoms with Crippen molar-refractivity contribution in [2.24, 2.45) is 0 Å². The molecule has 110 valence electrons. The molecule has 19 heavy (non-hydrogen) atoms. The van der Waals surface area contributed by atoms with E-state index in [2.05, 4.69) is 11.9 Å². The number of esters is 1. The van der Waals surface area contributed by atoms with Crippen LogP contribution in [-0.2, 0) is 14.3 Å². The maximum absolute atomic E-state index is 11.8. The second kappa shape index (κ2) is 8.52. The molecular formula is C11H17F3N2O3. The SMILES string of the molecule is C=CCC(NC(=O)CNCC(F)(F)F)C(=O)OCC. The molecule has 0 aromatic carbocycles. The van der Waals surface area contributed by atoms with Gasteiger partial charge in [-0.25, -0.2) is 4.79 Å². The van der Waals surface area contributed by atoms with Crippen molar-refractivity contribution >= 4 is 11.9 Å². The fourth-order valence-corrected chi connectivity index (χ4v) is 1.19. The first-order valence-corrected chi connectivity index (χ1v) is 5.64. The molecule has 0 aliphatic rings. The van der Waals surface area contributed by atoms with E-state index in [4.69, 9.17) is 4.74 Å². The van der Waals surface area contributed by atoms with Crippen LogP contribution in [0.5, 0.6) is 0 Å². The number of carbonyl (C=O) groups is 2. The molecule has 0 heterocycles. The fraction of sp³-hybridized carbons (Fsp3) is 0.636. The summed E-state index contributed by atoms with van der Waals surface area (Å²) < 4.78 is 40.2. The Labute approximate surface area is 109 Å². The van der Waals surface area contributed by atoms with Gasteiger partial charge < -0.3 is 15.4 Å². The maximum atomic E-state index is 11.8. The Morgan fingerprint density at radius 1 is 1.42 bits per heavy atom. The number of nitrogens with one attached hydrogen (secondary N) is 2. The molecular weight excluding hydrogens is 265 g/mol. The Hall–Kier alpha value is -1.57. The molecule has 0 saturated carbocycles. The van der Waals surface area contributed by atoms with E-state index in [-0.39, 0.29) is 13.0 Å². The van der Waals surface area contributed by atoms with Crippen LogP contribution >= 0.6 is 0 Å². The third kappa shape index (κ3) is 9.06. The van der Waals surface area contributed by atoms with Crippen molar-refractivity contribution in [3.8, 4) is 0 Å². The summed E-state index contributed by atoms with van der Waals surface area (Å²) in [6.07, 6.45) is -2.84. The average molecular weight is 282 g/mol. The summed E-state index contributed by atoms with van der Waals surface area (Å²) in [7, 11) is 0. The number of hydrogen-bond acceptors (Lipinski definition) is 4. The normalized spacial score (nSPS) is 12.6. The highest BCUT2D eigenvalue weighted by Crippen LogP contribution is 2.11. The van der Waals surface area contributed by atoms with E-state index in [9.17, 15) is 22.8 Å². The first-order chi connectivity index (χ1) is 8.80. The van der Waals surface area contributed by atoms with Crippen molar-refractivity contribution in [1.82, 2.24) is 10.6 Å². The molecule has 8 heteroatoms. The van der Waals surface area contributed by atoms with E-state index in [0.29, 0.717) is 0 Å². The van der Waals surface area contributed by atoms with Crippen molar-refractivity contribution in [2.45, 2.75) is 25.6 Å². The van der Waals surface area contributed by atoms with Crippen LogP contribution in [0.15, 0.2) is 12.7 Å². The average Bonchev–Trinajstić information content (AvgIpc) is 2.27. The van der Waals surface area contributed by atoms with Gasteiger partial charge in [-0.2, -0.15) is 13.2 Å². The molecule has 1 atom stereocenters. The summed E-state index contributed by atoms with van der Waals surface area (Å²) in [4.78, 5) is 22.8. The lowest BCUT2D eigenvalue weighted by Crippen LogP contribution is -2.46. The highest BCUT2D eigenvalue weighted by atomic mass is 19.4. The Morgan fingerprint density at radius 2 is 2.05 bits per heavy atom. The molecule has 0 saturated heterocycles. The highest BCUT2D eigenvalue weighted by molar-refractivity contribution is 5.85. The largest absolute Gasteiger partial charge is 0.464 e. The van der Waals surface area contributed by atoms with Gasteiger partial charge in [0, 0.05) is 0 Å². The third-order valence-electron chi connectivity index (χ3n) is 1.92. The van der Waals surface area contributed by atoms with Gasteiger partial charge in [0.05, 0.1) is 19.7 Å². The zero-order valence-electron chi connectivity index (χ0n) is 10.5. The zero-order valence-corrected chi connectivity index (χ0v) is 10.5. The number of hydrogen-bond donors (Lipinski definition) is 2. The standard InChI is InChI=1S/C11H17F3N2O3/c1-3-5-8(10(18)19-4-2)16-9(17)6-15-7-11(12,13)14/h3,8,15H,1,4-7H2,2H3,(H,16,17). The molecule has 1 amide bonds. The Kier molecular flexibility index (Phi) is 7.81. The second-order valence-electron chi connectivity index (χ2n) is 3.62. The summed E-state index contributed by atoms with van der Waals surface area (Å²) in [5.41, 5.74) is 0. The molecule has 5 nitrogen and oxygen atoms in total. The van der Waals surface area contributed by atoms with Crippen molar-refractivity contribution in [1.29, 1.82) is 0 Å². The van der Waals surface area contributed by atoms with Gasteiger partial charge in [0.1, 0.15) is 6.04 Å². The van der Waals surface area contributed by atoms with Gasteiger partial charge >= 0.3 is 12.1 Å². The predicted molar refractivity (Wildman–Crippen MR) is 62.3 cm³/mol. The first kappa shape index (κ1) is 17.4. The molecule has 1 unspecified atom stereocenters. The number of amides is 1. The lowest BCUT2D eigenvalue weighted by Gasteiger charge is -2.16. The number of alkyl halides is 3. The summed E-state index contributed by atoms with van der Waals surface area (Å²) in [6.45, 7) is 3.37. The smallest absolute Gasteiger partial charge is 0.401 e. The van der Waals surface area contributed by atoms with Crippen LogP contribution in [0.4, 0.5) is 13.2 Å². The molecule has 0 aromatic rings. The van der Waals surface area contributed by atoms with Crippen LogP contribution in [-0.4, -0.2) is 43.8 Å². The lowest BCUT2D eigenvalue weighted by molar-refractivity contribution is -0.147. The summed E-state index contributed by atoms with van der Waals surface area (Å²) >= 11 is 0.